The summed E-state index contributed by atoms with van der Waals surface area (Å²) in [5.41, 5.74) is 0.510. The maximum atomic E-state index is 11.8. The number of benzene rings is 1. The van der Waals surface area contributed by atoms with Crippen LogP contribution >= 0.6 is 11.8 Å². The molecule has 0 aliphatic heterocycles. The molecule has 1 amide bonds. The molecular formula is C14H17N5O3S. The summed E-state index contributed by atoms with van der Waals surface area (Å²) in [6, 6.07) is 6.17. The van der Waals surface area contributed by atoms with Crippen molar-refractivity contribution in [1.29, 1.82) is 0 Å². The summed E-state index contributed by atoms with van der Waals surface area (Å²) in [6.07, 6.45) is 0. The van der Waals surface area contributed by atoms with E-state index in [0.29, 0.717) is 10.8 Å². The van der Waals surface area contributed by atoms with E-state index in [1.165, 1.54) is 28.6 Å². The van der Waals surface area contributed by atoms with Crippen LogP contribution in [0.1, 0.15) is 31.1 Å². The Morgan fingerprint density at radius 2 is 1.91 bits per heavy atom. The summed E-state index contributed by atoms with van der Waals surface area (Å²) < 4.78 is 1.46. The van der Waals surface area contributed by atoms with Gasteiger partial charge < -0.3 is 10.4 Å². The van der Waals surface area contributed by atoms with Crippen LogP contribution in [0.2, 0.25) is 0 Å². The van der Waals surface area contributed by atoms with E-state index in [4.69, 9.17) is 5.11 Å². The predicted octanol–water partition coefficient (Wildman–Crippen LogP) is 1.37. The van der Waals surface area contributed by atoms with E-state index in [1.807, 2.05) is 20.8 Å². The summed E-state index contributed by atoms with van der Waals surface area (Å²) >= 11 is 1.21. The standard InChI is InChI=1S/C14H17N5O3S/c1-14(2,3)15-11(20)8-23-13-16-17-18-19(13)10-6-4-9(5-7-10)12(21)22/h4-7H,8H2,1-3H3,(H,15,20)(H,21,22). The Morgan fingerprint density at radius 3 is 2.48 bits per heavy atom. The van der Waals surface area contributed by atoms with Gasteiger partial charge in [-0.15, -0.1) is 5.10 Å². The number of aromatic carboxylic acids is 1. The van der Waals surface area contributed by atoms with Crippen LogP contribution in [0.25, 0.3) is 5.69 Å². The van der Waals surface area contributed by atoms with Gasteiger partial charge in [0.15, 0.2) is 0 Å². The number of hydrogen-bond acceptors (Lipinski definition) is 6. The molecule has 8 nitrogen and oxygen atoms in total. The summed E-state index contributed by atoms with van der Waals surface area (Å²) in [7, 11) is 0. The number of tetrazole rings is 1. The van der Waals surface area contributed by atoms with Gasteiger partial charge in [0.2, 0.25) is 11.1 Å². The van der Waals surface area contributed by atoms with E-state index in [2.05, 4.69) is 20.8 Å². The molecule has 9 heteroatoms. The maximum Gasteiger partial charge on any atom is 0.335 e. The van der Waals surface area contributed by atoms with Crippen molar-refractivity contribution in [2.24, 2.45) is 0 Å². The Balaban J connectivity index is 2.07. The van der Waals surface area contributed by atoms with E-state index in [0.717, 1.165) is 0 Å². The Morgan fingerprint density at radius 1 is 1.26 bits per heavy atom. The predicted molar refractivity (Wildman–Crippen MR) is 84.7 cm³/mol. The molecule has 0 saturated carbocycles. The van der Waals surface area contributed by atoms with Gasteiger partial charge >= 0.3 is 5.97 Å². The summed E-state index contributed by atoms with van der Waals surface area (Å²) in [5.74, 6) is -0.926. The molecule has 122 valence electrons. The van der Waals surface area contributed by atoms with Crippen LogP contribution in [0.5, 0.6) is 0 Å². The van der Waals surface area contributed by atoms with Crippen LogP contribution in [0.4, 0.5) is 0 Å². The monoisotopic (exact) mass is 335 g/mol. The number of carbonyl (C=O) groups is 2. The van der Waals surface area contributed by atoms with Crippen LogP contribution < -0.4 is 5.32 Å². The highest BCUT2D eigenvalue weighted by molar-refractivity contribution is 7.99. The average Bonchev–Trinajstić information content (AvgIpc) is 2.92. The van der Waals surface area contributed by atoms with E-state index in [1.54, 1.807) is 12.1 Å². The van der Waals surface area contributed by atoms with Crippen molar-refractivity contribution in [2.45, 2.75) is 31.5 Å². The topological polar surface area (TPSA) is 110 Å². The average molecular weight is 335 g/mol. The number of carbonyl (C=O) groups excluding carboxylic acids is 1. The summed E-state index contributed by atoms with van der Waals surface area (Å²) in [4.78, 5) is 22.7. The minimum absolute atomic E-state index is 0.113. The highest BCUT2D eigenvalue weighted by atomic mass is 32.2. The van der Waals surface area contributed by atoms with Crippen LogP contribution in [0, 0.1) is 0 Å². The highest BCUT2D eigenvalue weighted by Gasteiger charge is 2.16. The molecule has 2 aromatic rings. The van der Waals surface area contributed by atoms with Gasteiger partial charge in [-0.2, -0.15) is 4.68 Å². The van der Waals surface area contributed by atoms with Crippen LogP contribution in [0.15, 0.2) is 29.4 Å². The minimum atomic E-state index is -0.998. The van der Waals surface area contributed by atoms with Gasteiger partial charge in [-0.25, -0.2) is 4.79 Å². The van der Waals surface area contributed by atoms with Crippen molar-refractivity contribution in [3.8, 4) is 5.69 Å². The second-order valence-corrected chi connectivity index (χ2v) is 6.75. The van der Waals surface area contributed by atoms with Gasteiger partial charge in [0.25, 0.3) is 0 Å². The van der Waals surface area contributed by atoms with Crippen LogP contribution in [0.3, 0.4) is 0 Å². The molecule has 0 saturated heterocycles. The Kier molecular flexibility index (Phi) is 4.99. The fourth-order valence-corrected chi connectivity index (χ4v) is 2.45. The molecule has 0 aliphatic carbocycles. The van der Waals surface area contributed by atoms with Crippen molar-refractivity contribution in [3.05, 3.63) is 29.8 Å². The van der Waals surface area contributed by atoms with Gasteiger partial charge in [0.05, 0.1) is 17.0 Å². The highest BCUT2D eigenvalue weighted by Crippen LogP contribution is 2.18. The first-order chi connectivity index (χ1) is 10.8. The van der Waals surface area contributed by atoms with Crippen molar-refractivity contribution in [1.82, 2.24) is 25.5 Å². The van der Waals surface area contributed by atoms with Gasteiger partial charge in [-0.05, 0) is 55.5 Å². The molecule has 0 atom stereocenters. The Bertz CT molecular complexity index is 706. The first kappa shape index (κ1) is 16.9. The molecule has 0 unspecified atom stereocenters. The molecule has 0 fully saturated rings. The summed E-state index contributed by atoms with van der Waals surface area (Å²) in [6.45, 7) is 5.72. The van der Waals surface area contributed by atoms with E-state index in [-0.39, 0.29) is 22.8 Å². The molecule has 2 rings (SSSR count). The van der Waals surface area contributed by atoms with Gasteiger partial charge in [-0.3, -0.25) is 4.79 Å². The molecular weight excluding hydrogens is 318 g/mol. The Hall–Kier alpha value is -2.42. The summed E-state index contributed by atoms with van der Waals surface area (Å²) in [5, 5.41) is 23.6. The molecule has 2 N–H and O–H groups in total. The molecule has 1 aromatic heterocycles. The molecule has 1 aromatic carbocycles. The number of nitrogens with one attached hydrogen (secondary N) is 1. The number of hydrogen-bond donors (Lipinski definition) is 2. The van der Waals surface area contributed by atoms with E-state index in [9.17, 15) is 9.59 Å². The SMILES string of the molecule is CC(C)(C)NC(=O)CSc1nnnn1-c1ccc(C(=O)O)cc1. The molecule has 0 aliphatic rings. The van der Waals surface area contributed by atoms with Crippen LogP contribution in [-0.2, 0) is 4.79 Å². The van der Waals surface area contributed by atoms with Crippen molar-refractivity contribution >= 4 is 23.6 Å². The molecule has 0 bridgehead atoms. The number of nitrogens with zero attached hydrogens (tertiary/aromatic N) is 4. The van der Waals surface area contributed by atoms with Crippen molar-refractivity contribution < 1.29 is 14.7 Å². The zero-order valence-corrected chi connectivity index (χ0v) is 13.8. The lowest BCUT2D eigenvalue weighted by atomic mass is 10.1. The molecule has 0 radical (unpaired) electrons. The first-order valence-corrected chi connectivity index (χ1v) is 7.81. The van der Waals surface area contributed by atoms with E-state index >= 15 is 0 Å². The number of rotatable bonds is 5. The van der Waals surface area contributed by atoms with Gasteiger partial charge in [0.1, 0.15) is 0 Å². The first-order valence-electron chi connectivity index (χ1n) is 6.82. The second kappa shape index (κ2) is 6.78. The smallest absolute Gasteiger partial charge is 0.335 e. The third-order valence-electron chi connectivity index (χ3n) is 2.65. The van der Waals surface area contributed by atoms with Crippen molar-refractivity contribution in [3.63, 3.8) is 0 Å². The number of amides is 1. The van der Waals surface area contributed by atoms with Crippen LogP contribution in [-0.4, -0.2) is 48.5 Å². The maximum absolute atomic E-state index is 11.8. The number of aromatic nitrogens is 4. The lowest BCUT2D eigenvalue weighted by molar-refractivity contribution is -0.119. The number of thioether (sulfide) groups is 1. The second-order valence-electron chi connectivity index (χ2n) is 5.81. The number of carboxylic acid groups (broad SMARTS) is 1. The van der Waals surface area contributed by atoms with Crippen molar-refractivity contribution in [2.75, 3.05) is 5.75 Å². The van der Waals surface area contributed by atoms with E-state index < -0.39 is 5.97 Å². The number of carboxylic acids is 1. The Labute approximate surface area is 137 Å². The third-order valence-corrected chi connectivity index (χ3v) is 3.57. The molecule has 23 heavy (non-hydrogen) atoms. The normalized spacial score (nSPS) is 11.3. The lowest BCUT2D eigenvalue weighted by Crippen LogP contribution is -2.41. The fraction of sp³-hybridized carbons (Fsp3) is 0.357. The van der Waals surface area contributed by atoms with Gasteiger partial charge in [0, 0.05) is 5.54 Å². The molecule has 1 heterocycles. The fourth-order valence-electron chi connectivity index (χ4n) is 1.76. The largest absolute Gasteiger partial charge is 0.478 e. The zero-order chi connectivity index (χ0) is 17.0. The lowest BCUT2D eigenvalue weighted by Gasteiger charge is -2.20. The third kappa shape index (κ3) is 4.78. The molecule has 0 spiro atoms. The minimum Gasteiger partial charge on any atom is -0.478 e. The van der Waals surface area contributed by atoms with Gasteiger partial charge in [-0.1, -0.05) is 11.8 Å². The zero-order valence-electron chi connectivity index (χ0n) is 13.0. The quantitative estimate of drug-likeness (QED) is 0.794.